The third-order valence-corrected chi connectivity index (χ3v) is 4.66. The van der Waals surface area contributed by atoms with Gasteiger partial charge in [0.1, 0.15) is 0 Å². The molecule has 6 nitrogen and oxygen atoms in total. The number of sulfone groups is 1. The van der Waals surface area contributed by atoms with Crippen LogP contribution in [0.5, 0.6) is 0 Å². The average molecular weight is 260 g/mol. The summed E-state index contributed by atoms with van der Waals surface area (Å²) >= 11 is 0. The minimum Gasteiger partial charge on any atom is -0.475 e. The molecule has 1 N–H and O–H groups in total. The lowest BCUT2D eigenvalue weighted by atomic mass is 10.2. The van der Waals surface area contributed by atoms with Crippen LogP contribution in [0.3, 0.4) is 0 Å². The van der Waals surface area contributed by atoms with Crippen LogP contribution in [-0.2, 0) is 14.6 Å². The molecule has 0 radical (unpaired) electrons. The molecule has 17 heavy (non-hydrogen) atoms. The zero-order valence-corrected chi connectivity index (χ0v) is 9.77. The smallest absolute Gasteiger partial charge is 0.371 e. The molecule has 0 aliphatic carbocycles. The molecule has 2 rings (SSSR count). The topological polar surface area (TPSA) is 93.8 Å². The lowest BCUT2D eigenvalue weighted by Gasteiger charge is -2.20. The van der Waals surface area contributed by atoms with Crippen molar-refractivity contribution >= 4 is 15.8 Å². The summed E-state index contributed by atoms with van der Waals surface area (Å²) in [7, 11) is -3.63. The van der Waals surface area contributed by atoms with Crippen LogP contribution in [0.1, 0.15) is 23.4 Å². The number of rotatable bonds is 3. The lowest BCUT2D eigenvalue weighted by molar-refractivity contribution is 0.0656. The second-order valence-corrected chi connectivity index (χ2v) is 5.97. The van der Waals surface area contributed by atoms with E-state index in [1.807, 2.05) is 0 Å². The van der Waals surface area contributed by atoms with Crippen molar-refractivity contribution in [2.75, 3.05) is 13.2 Å². The highest BCUT2D eigenvalue weighted by Crippen LogP contribution is 2.24. The average Bonchev–Trinajstić information content (AvgIpc) is 2.80. The fourth-order valence-electron chi connectivity index (χ4n) is 1.71. The van der Waals surface area contributed by atoms with Gasteiger partial charge in [0.15, 0.2) is 0 Å². The Balaban J connectivity index is 2.27. The fraction of sp³-hybridized carbons (Fsp3) is 0.500. The number of furan rings is 1. The van der Waals surface area contributed by atoms with Gasteiger partial charge < -0.3 is 14.3 Å². The molecule has 1 aromatic rings. The van der Waals surface area contributed by atoms with Crippen molar-refractivity contribution in [1.29, 1.82) is 0 Å². The van der Waals surface area contributed by atoms with Gasteiger partial charge in [-0.2, -0.15) is 0 Å². The molecule has 1 aliphatic heterocycles. The Labute approximate surface area is 98.1 Å². The maximum atomic E-state index is 12.1. The molecule has 0 aromatic carbocycles. The van der Waals surface area contributed by atoms with Crippen LogP contribution >= 0.6 is 0 Å². The van der Waals surface area contributed by atoms with Crippen molar-refractivity contribution in [3.8, 4) is 0 Å². The quantitative estimate of drug-likeness (QED) is 0.868. The van der Waals surface area contributed by atoms with Gasteiger partial charge in [0.05, 0.1) is 11.9 Å². The summed E-state index contributed by atoms with van der Waals surface area (Å²) in [6, 6.07) is 2.31. The molecule has 2 heterocycles. The van der Waals surface area contributed by atoms with Crippen LogP contribution in [-0.4, -0.2) is 38.0 Å². The van der Waals surface area contributed by atoms with E-state index in [-0.39, 0.29) is 17.5 Å². The second-order valence-electron chi connectivity index (χ2n) is 3.81. The van der Waals surface area contributed by atoms with E-state index < -0.39 is 21.1 Å². The first-order chi connectivity index (χ1) is 8.01. The van der Waals surface area contributed by atoms with Gasteiger partial charge >= 0.3 is 5.97 Å². The van der Waals surface area contributed by atoms with Crippen molar-refractivity contribution < 1.29 is 27.5 Å². The third kappa shape index (κ3) is 2.34. The molecule has 1 unspecified atom stereocenters. The van der Waals surface area contributed by atoms with Gasteiger partial charge in [-0.1, -0.05) is 0 Å². The monoisotopic (exact) mass is 260 g/mol. The predicted octanol–water partition coefficient (Wildman–Crippen LogP) is 0.931. The van der Waals surface area contributed by atoms with Gasteiger partial charge in [0.25, 0.3) is 0 Å². The number of carbonyl (C=O) groups is 1. The number of carboxylic acids is 1. The molecule has 7 heteroatoms. The Morgan fingerprint density at radius 1 is 1.41 bits per heavy atom. The van der Waals surface area contributed by atoms with E-state index in [0.717, 1.165) is 6.07 Å². The van der Waals surface area contributed by atoms with Gasteiger partial charge in [0, 0.05) is 6.61 Å². The molecule has 1 saturated heterocycles. The summed E-state index contributed by atoms with van der Waals surface area (Å²) < 4.78 is 34.0. The molecule has 0 bridgehead atoms. The number of hydrogen-bond acceptors (Lipinski definition) is 5. The zero-order chi connectivity index (χ0) is 12.5. The fourth-order valence-corrected chi connectivity index (χ4v) is 3.25. The summed E-state index contributed by atoms with van der Waals surface area (Å²) in [4.78, 5) is 10.6. The molecular formula is C10H12O6S. The van der Waals surface area contributed by atoms with E-state index in [1.54, 1.807) is 0 Å². The minimum atomic E-state index is -3.63. The molecular weight excluding hydrogens is 248 g/mol. The first-order valence-corrected chi connectivity index (χ1v) is 6.71. The van der Waals surface area contributed by atoms with Gasteiger partial charge in [-0.3, -0.25) is 0 Å². The summed E-state index contributed by atoms with van der Waals surface area (Å²) in [6.45, 7) is 0.690. The molecule has 0 amide bonds. The maximum Gasteiger partial charge on any atom is 0.371 e. The molecule has 0 spiro atoms. The first-order valence-electron chi connectivity index (χ1n) is 5.16. The summed E-state index contributed by atoms with van der Waals surface area (Å²) in [5, 5.41) is 7.71. The highest BCUT2D eigenvalue weighted by atomic mass is 32.2. The number of aromatic carboxylic acids is 1. The summed E-state index contributed by atoms with van der Waals surface area (Å²) in [5.41, 5.74) is 0. The van der Waals surface area contributed by atoms with E-state index in [0.29, 0.717) is 19.4 Å². The lowest BCUT2D eigenvalue weighted by Crippen LogP contribution is -2.30. The predicted molar refractivity (Wildman–Crippen MR) is 56.7 cm³/mol. The maximum absolute atomic E-state index is 12.1. The van der Waals surface area contributed by atoms with E-state index in [2.05, 4.69) is 0 Å². The Bertz CT molecular complexity index is 509. The van der Waals surface area contributed by atoms with Crippen LogP contribution < -0.4 is 0 Å². The van der Waals surface area contributed by atoms with Crippen LogP contribution in [0.25, 0.3) is 0 Å². The SMILES string of the molecule is O=C(O)c1ccc(S(=O)(=O)C2CCCOC2)o1. The Hall–Kier alpha value is -1.34. The van der Waals surface area contributed by atoms with E-state index >= 15 is 0 Å². The summed E-state index contributed by atoms with van der Waals surface area (Å²) in [5.74, 6) is -1.66. The Morgan fingerprint density at radius 3 is 2.71 bits per heavy atom. The van der Waals surface area contributed by atoms with Gasteiger partial charge in [-0.25, -0.2) is 13.2 Å². The van der Waals surface area contributed by atoms with Crippen molar-refractivity contribution in [3.05, 3.63) is 17.9 Å². The van der Waals surface area contributed by atoms with Crippen LogP contribution in [0, 0.1) is 0 Å². The van der Waals surface area contributed by atoms with Crippen molar-refractivity contribution in [1.82, 2.24) is 0 Å². The molecule has 1 atom stereocenters. The molecule has 1 fully saturated rings. The van der Waals surface area contributed by atoms with Crippen LogP contribution in [0.2, 0.25) is 0 Å². The molecule has 94 valence electrons. The van der Waals surface area contributed by atoms with E-state index in [9.17, 15) is 13.2 Å². The summed E-state index contributed by atoms with van der Waals surface area (Å²) in [6.07, 6.45) is 1.18. The third-order valence-electron chi connectivity index (χ3n) is 2.63. The normalized spacial score (nSPS) is 21.3. The number of ether oxygens (including phenoxy) is 1. The largest absolute Gasteiger partial charge is 0.475 e. The van der Waals surface area contributed by atoms with Crippen LogP contribution in [0.4, 0.5) is 0 Å². The standard InChI is InChI=1S/C10H12O6S/c11-10(12)8-3-4-9(16-8)17(13,14)7-2-1-5-15-6-7/h3-4,7H,1-2,5-6H2,(H,11,12). The Morgan fingerprint density at radius 2 is 2.18 bits per heavy atom. The molecule has 1 aliphatic rings. The highest BCUT2D eigenvalue weighted by Gasteiger charge is 2.32. The molecule has 0 saturated carbocycles. The van der Waals surface area contributed by atoms with Crippen molar-refractivity contribution in [3.63, 3.8) is 0 Å². The van der Waals surface area contributed by atoms with Crippen LogP contribution in [0.15, 0.2) is 21.6 Å². The highest BCUT2D eigenvalue weighted by molar-refractivity contribution is 7.92. The zero-order valence-electron chi connectivity index (χ0n) is 8.96. The number of carboxylic acid groups (broad SMARTS) is 1. The van der Waals surface area contributed by atoms with Gasteiger partial charge in [-0.15, -0.1) is 0 Å². The second kappa shape index (κ2) is 4.50. The number of hydrogen-bond donors (Lipinski definition) is 1. The van der Waals surface area contributed by atoms with Gasteiger partial charge in [-0.05, 0) is 25.0 Å². The van der Waals surface area contributed by atoms with Crippen molar-refractivity contribution in [2.24, 2.45) is 0 Å². The van der Waals surface area contributed by atoms with Crippen molar-refractivity contribution in [2.45, 2.75) is 23.2 Å². The Kier molecular flexibility index (Phi) is 3.21. The molecule has 1 aromatic heterocycles. The van der Waals surface area contributed by atoms with Gasteiger partial charge in [0.2, 0.25) is 20.7 Å². The van der Waals surface area contributed by atoms with E-state index in [4.69, 9.17) is 14.3 Å². The first kappa shape index (κ1) is 12.1. The minimum absolute atomic E-state index is 0.130. The van der Waals surface area contributed by atoms with E-state index in [1.165, 1.54) is 6.07 Å².